The molecule has 2 heterocycles. The molecule has 0 atom stereocenters. The molecule has 1 aliphatic heterocycles. The third-order valence-electron chi connectivity index (χ3n) is 3.71. The summed E-state index contributed by atoms with van der Waals surface area (Å²) >= 11 is 0. The molecule has 21 heavy (non-hydrogen) atoms. The lowest BCUT2D eigenvalue weighted by Gasteiger charge is -2.22. The molecule has 6 heteroatoms. The van der Waals surface area contributed by atoms with Gasteiger partial charge in [0.15, 0.2) is 0 Å². The molecule has 118 valence electrons. The van der Waals surface area contributed by atoms with E-state index in [9.17, 15) is 4.79 Å². The van der Waals surface area contributed by atoms with E-state index in [4.69, 9.17) is 14.0 Å². The van der Waals surface area contributed by atoms with Gasteiger partial charge in [-0.3, -0.25) is 4.79 Å². The highest BCUT2D eigenvalue weighted by atomic mass is 16.5. The molecule has 1 aromatic heterocycles. The second-order valence-electron chi connectivity index (χ2n) is 5.23. The molecule has 1 saturated heterocycles. The molecule has 0 aromatic carbocycles. The number of nitrogens with zero attached hydrogens (tertiary/aromatic N) is 1. The Morgan fingerprint density at radius 3 is 2.90 bits per heavy atom. The van der Waals surface area contributed by atoms with Gasteiger partial charge in [0.05, 0.1) is 18.4 Å². The van der Waals surface area contributed by atoms with Crippen molar-refractivity contribution in [1.29, 1.82) is 0 Å². The number of aromatic nitrogens is 1. The Morgan fingerprint density at radius 1 is 1.43 bits per heavy atom. The van der Waals surface area contributed by atoms with Crippen LogP contribution in [0.25, 0.3) is 0 Å². The fraction of sp³-hybridized carbons (Fsp3) is 0.733. The quantitative estimate of drug-likeness (QED) is 0.829. The van der Waals surface area contributed by atoms with E-state index in [1.807, 2.05) is 13.8 Å². The maximum Gasteiger partial charge on any atom is 0.222 e. The van der Waals surface area contributed by atoms with Gasteiger partial charge in [0, 0.05) is 31.7 Å². The summed E-state index contributed by atoms with van der Waals surface area (Å²) in [6, 6.07) is 0. The molecule has 0 bridgehead atoms. The molecule has 1 aromatic rings. The van der Waals surface area contributed by atoms with Crippen LogP contribution in [0.5, 0.6) is 0 Å². The zero-order chi connectivity index (χ0) is 15.1. The molecule has 6 nitrogen and oxygen atoms in total. The predicted octanol–water partition coefficient (Wildman–Crippen LogP) is 1.75. The van der Waals surface area contributed by atoms with Crippen molar-refractivity contribution in [2.45, 2.75) is 52.2 Å². The summed E-state index contributed by atoms with van der Waals surface area (Å²) in [5.74, 6) is 0.760. The number of aryl methyl sites for hydroxylation is 2. The highest BCUT2D eigenvalue weighted by Crippen LogP contribution is 2.13. The van der Waals surface area contributed by atoms with Crippen LogP contribution in [0.15, 0.2) is 4.52 Å². The summed E-state index contributed by atoms with van der Waals surface area (Å²) in [5.41, 5.74) is 1.89. The Hall–Kier alpha value is -1.40. The second kappa shape index (κ2) is 8.14. The second-order valence-corrected chi connectivity index (χ2v) is 5.23. The minimum absolute atomic E-state index is 0.00953. The van der Waals surface area contributed by atoms with Crippen LogP contribution in [-0.2, 0) is 27.2 Å². The fourth-order valence-electron chi connectivity index (χ4n) is 2.38. The van der Waals surface area contributed by atoms with Gasteiger partial charge in [-0.05, 0) is 26.2 Å². The number of rotatable bonds is 7. The zero-order valence-corrected chi connectivity index (χ0v) is 12.8. The molecule has 0 unspecified atom stereocenters. The highest BCUT2D eigenvalue weighted by molar-refractivity contribution is 5.76. The van der Waals surface area contributed by atoms with Crippen molar-refractivity contribution in [3.8, 4) is 0 Å². The number of nitrogens with one attached hydrogen (secondary N) is 1. The average molecular weight is 296 g/mol. The van der Waals surface area contributed by atoms with Crippen LogP contribution in [0.2, 0.25) is 0 Å². The lowest BCUT2D eigenvalue weighted by molar-refractivity contribution is -0.123. The first kappa shape index (κ1) is 16.0. The lowest BCUT2D eigenvalue weighted by atomic mass is 10.1. The zero-order valence-electron chi connectivity index (χ0n) is 12.8. The number of carbonyl (C=O) groups excluding carboxylic acids is 1. The summed E-state index contributed by atoms with van der Waals surface area (Å²) in [7, 11) is 0. The third kappa shape index (κ3) is 4.82. The SMILES string of the molecule is CCc1noc(C)c1CNC(=O)CCOC1CCOCC1. The maximum absolute atomic E-state index is 11.8. The summed E-state index contributed by atoms with van der Waals surface area (Å²) in [6.07, 6.45) is 3.25. The van der Waals surface area contributed by atoms with Gasteiger partial charge in [-0.2, -0.15) is 0 Å². The van der Waals surface area contributed by atoms with E-state index in [1.54, 1.807) is 0 Å². The largest absolute Gasteiger partial charge is 0.381 e. The number of hydrogen-bond donors (Lipinski definition) is 1. The first-order valence-electron chi connectivity index (χ1n) is 7.60. The highest BCUT2D eigenvalue weighted by Gasteiger charge is 2.15. The summed E-state index contributed by atoms with van der Waals surface area (Å²) < 4.78 is 16.1. The van der Waals surface area contributed by atoms with E-state index in [-0.39, 0.29) is 12.0 Å². The monoisotopic (exact) mass is 296 g/mol. The first-order chi connectivity index (χ1) is 10.2. The van der Waals surface area contributed by atoms with Gasteiger partial charge < -0.3 is 19.3 Å². The number of amides is 1. The van der Waals surface area contributed by atoms with Gasteiger partial charge in [0.25, 0.3) is 0 Å². The standard InChI is InChI=1S/C15H24N2O4/c1-3-14-13(11(2)21-17-14)10-16-15(18)6-9-20-12-4-7-19-8-5-12/h12H,3-10H2,1-2H3,(H,16,18). The molecule has 1 N–H and O–H groups in total. The Labute approximate surface area is 125 Å². The molecule has 1 aliphatic rings. The summed E-state index contributed by atoms with van der Waals surface area (Å²) in [5, 5.41) is 6.87. The van der Waals surface area contributed by atoms with Crippen LogP contribution in [-0.4, -0.2) is 37.0 Å². The van der Waals surface area contributed by atoms with Crippen molar-refractivity contribution in [2.24, 2.45) is 0 Å². The van der Waals surface area contributed by atoms with Gasteiger partial charge in [-0.15, -0.1) is 0 Å². The normalized spacial score (nSPS) is 16.1. The number of carbonyl (C=O) groups is 1. The summed E-state index contributed by atoms with van der Waals surface area (Å²) in [6.45, 7) is 6.31. The lowest BCUT2D eigenvalue weighted by Crippen LogP contribution is -2.27. The van der Waals surface area contributed by atoms with Crippen molar-refractivity contribution in [1.82, 2.24) is 10.5 Å². The first-order valence-corrected chi connectivity index (χ1v) is 7.60. The molecule has 0 spiro atoms. The van der Waals surface area contributed by atoms with E-state index in [2.05, 4.69) is 10.5 Å². The topological polar surface area (TPSA) is 73.6 Å². The molecular weight excluding hydrogens is 272 g/mol. The molecule has 0 radical (unpaired) electrons. The summed E-state index contributed by atoms with van der Waals surface area (Å²) in [4.78, 5) is 11.8. The number of ether oxygens (including phenoxy) is 2. The van der Waals surface area contributed by atoms with Crippen LogP contribution in [0.1, 0.15) is 43.2 Å². The Balaban J connectivity index is 1.66. The van der Waals surface area contributed by atoms with E-state index in [0.717, 1.165) is 49.5 Å². The van der Waals surface area contributed by atoms with Crippen LogP contribution in [0.3, 0.4) is 0 Å². The van der Waals surface area contributed by atoms with Crippen LogP contribution in [0, 0.1) is 6.92 Å². The van der Waals surface area contributed by atoms with Crippen molar-refractivity contribution in [2.75, 3.05) is 19.8 Å². The van der Waals surface area contributed by atoms with Crippen LogP contribution in [0.4, 0.5) is 0 Å². The minimum atomic E-state index is -0.00953. The number of hydrogen-bond acceptors (Lipinski definition) is 5. The van der Waals surface area contributed by atoms with Gasteiger partial charge in [0.2, 0.25) is 5.91 Å². The molecule has 1 fully saturated rings. The van der Waals surface area contributed by atoms with Crippen LogP contribution < -0.4 is 5.32 Å². The van der Waals surface area contributed by atoms with Gasteiger partial charge >= 0.3 is 0 Å². The molecule has 1 amide bonds. The van der Waals surface area contributed by atoms with E-state index in [1.165, 1.54) is 0 Å². The predicted molar refractivity (Wildman–Crippen MR) is 76.9 cm³/mol. The minimum Gasteiger partial charge on any atom is -0.381 e. The van der Waals surface area contributed by atoms with Gasteiger partial charge in [0.1, 0.15) is 5.76 Å². The van der Waals surface area contributed by atoms with E-state index < -0.39 is 0 Å². The molecule has 2 rings (SSSR count). The van der Waals surface area contributed by atoms with E-state index >= 15 is 0 Å². The van der Waals surface area contributed by atoms with Crippen molar-refractivity contribution < 1.29 is 18.8 Å². The third-order valence-corrected chi connectivity index (χ3v) is 3.71. The average Bonchev–Trinajstić information content (AvgIpc) is 2.86. The van der Waals surface area contributed by atoms with Crippen LogP contribution >= 0.6 is 0 Å². The van der Waals surface area contributed by atoms with Crippen molar-refractivity contribution in [3.05, 3.63) is 17.0 Å². The Kier molecular flexibility index (Phi) is 6.20. The van der Waals surface area contributed by atoms with Gasteiger partial charge in [-0.1, -0.05) is 12.1 Å². The van der Waals surface area contributed by atoms with Crippen molar-refractivity contribution in [3.63, 3.8) is 0 Å². The molecule has 0 saturated carbocycles. The molecular formula is C15H24N2O4. The fourth-order valence-corrected chi connectivity index (χ4v) is 2.38. The smallest absolute Gasteiger partial charge is 0.222 e. The molecule has 0 aliphatic carbocycles. The Bertz CT molecular complexity index is 453. The Morgan fingerprint density at radius 2 is 2.19 bits per heavy atom. The van der Waals surface area contributed by atoms with Gasteiger partial charge in [-0.25, -0.2) is 0 Å². The van der Waals surface area contributed by atoms with Crippen molar-refractivity contribution >= 4 is 5.91 Å². The van der Waals surface area contributed by atoms with E-state index in [0.29, 0.717) is 19.6 Å². The maximum atomic E-state index is 11.8.